The van der Waals surface area contributed by atoms with E-state index in [1.54, 1.807) is 6.92 Å². The highest BCUT2D eigenvalue weighted by Gasteiger charge is 2.08. The maximum Gasteiger partial charge on any atom is 0.306 e. The first kappa shape index (κ1) is 17.9. The van der Waals surface area contributed by atoms with E-state index >= 15 is 0 Å². The molecule has 0 aromatic carbocycles. The number of unbranched alkanes of at least 4 members (excludes halogenated alkanes) is 5. The molecule has 0 saturated carbocycles. The zero-order valence-electron chi connectivity index (χ0n) is 12.6. The maximum absolute atomic E-state index is 10.6. The lowest BCUT2D eigenvalue weighted by Crippen LogP contribution is -2.08. The SMILES string of the molecule is CCCCCCC=CCCC=CCCC(C)C(=O)O. The predicted molar refractivity (Wildman–Crippen MR) is 82.3 cm³/mol. The molecule has 0 amide bonds. The van der Waals surface area contributed by atoms with Crippen molar-refractivity contribution >= 4 is 5.97 Å². The molecule has 19 heavy (non-hydrogen) atoms. The Morgan fingerprint density at radius 3 is 2.11 bits per heavy atom. The first-order valence-electron chi connectivity index (χ1n) is 7.71. The van der Waals surface area contributed by atoms with Gasteiger partial charge in [0.05, 0.1) is 5.92 Å². The van der Waals surface area contributed by atoms with Gasteiger partial charge in [-0.2, -0.15) is 0 Å². The number of rotatable bonds is 12. The fourth-order valence-corrected chi connectivity index (χ4v) is 1.82. The molecule has 2 nitrogen and oxygen atoms in total. The van der Waals surface area contributed by atoms with Crippen LogP contribution in [0.3, 0.4) is 0 Å². The van der Waals surface area contributed by atoms with Gasteiger partial charge in [0.25, 0.3) is 0 Å². The molecule has 0 aliphatic heterocycles. The fraction of sp³-hybridized carbons (Fsp3) is 0.706. The van der Waals surface area contributed by atoms with Gasteiger partial charge in [0, 0.05) is 0 Å². The van der Waals surface area contributed by atoms with E-state index in [0.717, 1.165) is 25.7 Å². The zero-order valence-corrected chi connectivity index (χ0v) is 12.6. The third kappa shape index (κ3) is 13.2. The topological polar surface area (TPSA) is 37.3 Å². The van der Waals surface area contributed by atoms with Crippen molar-refractivity contribution in [2.24, 2.45) is 5.92 Å². The van der Waals surface area contributed by atoms with Crippen molar-refractivity contribution in [1.82, 2.24) is 0 Å². The summed E-state index contributed by atoms with van der Waals surface area (Å²) in [6, 6.07) is 0. The Morgan fingerprint density at radius 2 is 1.53 bits per heavy atom. The van der Waals surface area contributed by atoms with Gasteiger partial charge in [-0.05, 0) is 38.5 Å². The van der Waals surface area contributed by atoms with Gasteiger partial charge in [-0.3, -0.25) is 4.79 Å². The van der Waals surface area contributed by atoms with Crippen molar-refractivity contribution in [2.75, 3.05) is 0 Å². The molecular weight excluding hydrogens is 236 g/mol. The lowest BCUT2D eigenvalue weighted by Gasteiger charge is -2.01. The summed E-state index contributed by atoms with van der Waals surface area (Å²) < 4.78 is 0. The Hall–Kier alpha value is -1.05. The van der Waals surface area contributed by atoms with Crippen molar-refractivity contribution in [3.8, 4) is 0 Å². The first-order valence-corrected chi connectivity index (χ1v) is 7.71. The van der Waals surface area contributed by atoms with Gasteiger partial charge in [-0.25, -0.2) is 0 Å². The summed E-state index contributed by atoms with van der Waals surface area (Å²) >= 11 is 0. The monoisotopic (exact) mass is 266 g/mol. The van der Waals surface area contributed by atoms with Gasteiger partial charge in [-0.15, -0.1) is 0 Å². The highest BCUT2D eigenvalue weighted by molar-refractivity contribution is 5.69. The van der Waals surface area contributed by atoms with Crippen molar-refractivity contribution in [2.45, 2.75) is 71.6 Å². The van der Waals surface area contributed by atoms with Crippen LogP contribution in [0, 0.1) is 5.92 Å². The number of allylic oxidation sites excluding steroid dienone is 4. The Bertz CT molecular complexity index is 266. The van der Waals surface area contributed by atoms with E-state index < -0.39 is 5.97 Å². The molecule has 0 aromatic rings. The largest absolute Gasteiger partial charge is 0.481 e. The zero-order chi connectivity index (χ0) is 14.3. The average molecular weight is 266 g/mol. The average Bonchev–Trinajstić information content (AvgIpc) is 2.39. The Labute approximate surface area is 118 Å². The molecule has 0 rings (SSSR count). The van der Waals surface area contributed by atoms with Gasteiger partial charge in [0.2, 0.25) is 0 Å². The highest BCUT2D eigenvalue weighted by Crippen LogP contribution is 2.07. The summed E-state index contributed by atoms with van der Waals surface area (Å²) in [7, 11) is 0. The molecule has 0 aliphatic carbocycles. The minimum atomic E-state index is -0.695. The second-order valence-electron chi connectivity index (χ2n) is 5.19. The van der Waals surface area contributed by atoms with Crippen LogP contribution in [-0.2, 0) is 4.79 Å². The van der Waals surface area contributed by atoms with Gasteiger partial charge in [0.1, 0.15) is 0 Å². The minimum absolute atomic E-state index is 0.229. The smallest absolute Gasteiger partial charge is 0.306 e. The number of carbonyl (C=O) groups is 1. The van der Waals surface area contributed by atoms with E-state index in [4.69, 9.17) is 5.11 Å². The van der Waals surface area contributed by atoms with Crippen LogP contribution in [0.15, 0.2) is 24.3 Å². The fourth-order valence-electron chi connectivity index (χ4n) is 1.82. The maximum atomic E-state index is 10.6. The van der Waals surface area contributed by atoms with Crippen molar-refractivity contribution in [3.05, 3.63) is 24.3 Å². The molecule has 0 saturated heterocycles. The minimum Gasteiger partial charge on any atom is -0.481 e. The Morgan fingerprint density at radius 1 is 0.947 bits per heavy atom. The van der Waals surface area contributed by atoms with Crippen LogP contribution in [0.1, 0.15) is 71.6 Å². The normalized spacial score (nSPS) is 13.4. The molecule has 0 bridgehead atoms. The molecule has 0 fully saturated rings. The van der Waals surface area contributed by atoms with Crippen LogP contribution in [0.5, 0.6) is 0 Å². The van der Waals surface area contributed by atoms with Crippen LogP contribution < -0.4 is 0 Å². The molecule has 0 radical (unpaired) electrons. The summed E-state index contributed by atoms with van der Waals surface area (Å²) in [4.78, 5) is 10.6. The van der Waals surface area contributed by atoms with Gasteiger partial charge in [0.15, 0.2) is 0 Å². The lowest BCUT2D eigenvalue weighted by atomic mass is 10.1. The standard InChI is InChI=1S/C17H30O2/c1-3-4-5-6-7-8-9-10-11-12-13-14-15-16(2)17(18)19/h8-9,12-13,16H,3-7,10-11,14-15H2,1-2H3,(H,18,19). The van der Waals surface area contributed by atoms with Gasteiger partial charge < -0.3 is 5.11 Å². The number of hydrogen-bond donors (Lipinski definition) is 1. The third-order valence-electron chi connectivity index (χ3n) is 3.25. The Balaban J connectivity index is 3.33. The van der Waals surface area contributed by atoms with Gasteiger partial charge >= 0.3 is 5.97 Å². The van der Waals surface area contributed by atoms with Gasteiger partial charge in [-0.1, -0.05) is 57.4 Å². The summed E-state index contributed by atoms with van der Waals surface area (Å²) in [6.45, 7) is 4.00. The molecule has 1 atom stereocenters. The van der Waals surface area contributed by atoms with E-state index in [-0.39, 0.29) is 5.92 Å². The second-order valence-corrected chi connectivity index (χ2v) is 5.19. The Kier molecular flexibility index (Phi) is 12.6. The predicted octanol–water partition coefficient (Wildman–Crippen LogP) is 5.35. The van der Waals surface area contributed by atoms with Crippen LogP contribution in [-0.4, -0.2) is 11.1 Å². The van der Waals surface area contributed by atoms with E-state index in [0.29, 0.717) is 0 Å². The molecule has 0 aliphatic rings. The summed E-state index contributed by atoms with van der Waals surface area (Å²) in [5.41, 5.74) is 0. The summed E-state index contributed by atoms with van der Waals surface area (Å²) in [5.74, 6) is -0.924. The van der Waals surface area contributed by atoms with Crippen LogP contribution in [0.2, 0.25) is 0 Å². The number of aliphatic carboxylic acids is 1. The molecule has 0 heterocycles. The number of carboxylic acid groups (broad SMARTS) is 1. The van der Waals surface area contributed by atoms with Crippen molar-refractivity contribution in [3.63, 3.8) is 0 Å². The number of hydrogen-bond acceptors (Lipinski definition) is 1. The lowest BCUT2D eigenvalue weighted by molar-refractivity contribution is -0.141. The van der Waals surface area contributed by atoms with E-state index in [9.17, 15) is 4.79 Å². The first-order chi connectivity index (χ1) is 9.18. The summed E-state index contributed by atoms with van der Waals surface area (Å²) in [6.07, 6.45) is 19.1. The van der Waals surface area contributed by atoms with Crippen LogP contribution in [0.25, 0.3) is 0 Å². The number of carboxylic acids is 1. The van der Waals surface area contributed by atoms with Crippen LogP contribution in [0.4, 0.5) is 0 Å². The highest BCUT2D eigenvalue weighted by atomic mass is 16.4. The molecular formula is C17H30O2. The van der Waals surface area contributed by atoms with E-state index in [1.165, 1.54) is 32.1 Å². The molecule has 1 unspecified atom stereocenters. The van der Waals surface area contributed by atoms with E-state index in [2.05, 4.69) is 31.2 Å². The second kappa shape index (κ2) is 13.4. The van der Waals surface area contributed by atoms with Crippen molar-refractivity contribution in [1.29, 1.82) is 0 Å². The summed E-state index contributed by atoms with van der Waals surface area (Å²) in [5, 5.41) is 8.73. The van der Waals surface area contributed by atoms with Crippen molar-refractivity contribution < 1.29 is 9.90 Å². The third-order valence-corrected chi connectivity index (χ3v) is 3.25. The molecule has 2 heteroatoms. The molecule has 0 aromatic heterocycles. The molecule has 0 spiro atoms. The van der Waals surface area contributed by atoms with Crippen LogP contribution >= 0.6 is 0 Å². The molecule has 110 valence electrons. The van der Waals surface area contributed by atoms with E-state index in [1.807, 2.05) is 0 Å². The quantitative estimate of drug-likeness (QED) is 0.382. The molecule has 1 N–H and O–H groups in total.